The van der Waals surface area contributed by atoms with Crippen LogP contribution in [0.2, 0.25) is 0 Å². The lowest BCUT2D eigenvalue weighted by Crippen LogP contribution is -2.27. The molecule has 1 saturated heterocycles. The smallest absolute Gasteiger partial charge is 0.225 e. The van der Waals surface area contributed by atoms with Crippen molar-refractivity contribution in [3.8, 4) is 0 Å². The number of rotatable bonds is 4. The van der Waals surface area contributed by atoms with E-state index in [0.29, 0.717) is 31.0 Å². The number of nitrogens with zero attached hydrogens (tertiary/aromatic N) is 4. The molecule has 3 heterocycles. The minimum absolute atomic E-state index is 0.0348. The summed E-state index contributed by atoms with van der Waals surface area (Å²) in [4.78, 5) is 29.6. The number of amides is 1. The summed E-state index contributed by atoms with van der Waals surface area (Å²) in [5.74, 6) is 0.841. The largest absolute Gasteiger partial charge is 0.363 e. The third-order valence-electron chi connectivity index (χ3n) is 3.99. The number of likely N-dealkylation sites (tertiary alicyclic amines) is 1. The van der Waals surface area contributed by atoms with Gasteiger partial charge in [-0.1, -0.05) is 30.3 Å². The van der Waals surface area contributed by atoms with Gasteiger partial charge in [0.25, 0.3) is 0 Å². The standard InChI is InChI=1S/C16H16N6O/c23-13-6-12(8-22(13)7-11-4-2-1-3-5-11)21-16-14-15(18-9-17-14)19-10-20-16/h1-5,9-10,12H,6-8H2,(H2,17,18,19,20,21). The number of carbonyl (C=O) groups is 1. The highest BCUT2D eigenvalue weighted by atomic mass is 16.2. The molecule has 4 rings (SSSR count). The zero-order valence-corrected chi connectivity index (χ0v) is 12.4. The number of nitrogens with one attached hydrogen (secondary N) is 2. The van der Waals surface area contributed by atoms with Crippen LogP contribution >= 0.6 is 0 Å². The Bertz CT molecular complexity index is 831. The van der Waals surface area contributed by atoms with Crippen molar-refractivity contribution in [3.05, 3.63) is 48.5 Å². The summed E-state index contributed by atoms with van der Waals surface area (Å²) in [6, 6.07) is 10.1. The van der Waals surface area contributed by atoms with E-state index in [1.54, 1.807) is 6.33 Å². The van der Waals surface area contributed by atoms with Crippen molar-refractivity contribution < 1.29 is 4.79 Å². The van der Waals surface area contributed by atoms with E-state index in [1.807, 2.05) is 35.2 Å². The molecule has 2 N–H and O–H groups in total. The maximum Gasteiger partial charge on any atom is 0.225 e. The first kappa shape index (κ1) is 13.7. The Morgan fingerprint density at radius 3 is 2.96 bits per heavy atom. The van der Waals surface area contributed by atoms with E-state index in [2.05, 4.69) is 25.3 Å². The Hall–Kier alpha value is -2.96. The first-order valence-electron chi connectivity index (χ1n) is 7.52. The highest BCUT2D eigenvalue weighted by Crippen LogP contribution is 2.21. The van der Waals surface area contributed by atoms with E-state index in [-0.39, 0.29) is 11.9 Å². The Balaban J connectivity index is 1.47. The first-order chi connectivity index (χ1) is 11.3. The third-order valence-corrected chi connectivity index (χ3v) is 3.99. The number of hydrogen-bond donors (Lipinski definition) is 2. The number of aromatic amines is 1. The Morgan fingerprint density at radius 2 is 2.09 bits per heavy atom. The van der Waals surface area contributed by atoms with Crippen LogP contribution < -0.4 is 5.32 Å². The number of fused-ring (bicyclic) bond motifs is 1. The summed E-state index contributed by atoms with van der Waals surface area (Å²) in [7, 11) is 0. The second-order valence-electron chi connectivity index (χ2n) is 5.63. The monoisotopic (exact) mass is 308 g/mol. The van der Waals surface area contributed by atoms with E-state index in [4.69, 9.17) is 0 Å². The number of anilines is 1. The van der Waals surface area contributed by atoms with Gasteiger partial charge in [0.2, 0.25) is 5.91 Å². The molecule has 1 aliphatic heterocycles. The summed E-state index contributed by atoms with van der Waals surface area (Å²) in [5, 5.41) is 3.33. The number of H-pyrrole nitrogens is 1. The molecule has 1 aliphatic rings. The number of benzene rings is 1. The second kappa shape index (κ2) is 5.68. The predicted molar refractivity (Wildman–Crippen MR) is 85.6 cm³/mol. The number of hydrogen-bond acceptors (Lipinski definition) is 5. The molecule has 1 unspecified atom stereocenters. The topological polar surface area (TPSA) is 86.8 Å². The van der Waals surface area contributed by atoms with E-state index in [1.165, 1.54) is 6.33 Å². The van der Waals surface area contributed by atoms with Gasteiger partial charge in [0.1, 0.15) is 11.8 Å². The third kappa shape index (κ3) is 2.73. The van der Waals surface area contributed by atoms with Gasteiger partial charge in [0, 0.05) is 19.5 Å². The SMILES string of the molecule is O=C1CC(Nc2ncnc3nc[nH]c23)CN1Cc1ccccc1. The van der Waals surface area contributed by atoms with Gasteiger partial charge >= 0.3 is 0 Å². The quantitative estimate of drug-likeness (QED) is 0.764. The maximum absolute atomic E-state index is 12.2. The average Bonchev–Trinajstić information content (AvgIpc) is 3.16. The van der Waals surface area contributed by atoms with E-state index >= 15 is 0 Å². The lowest BCUT2D eigenvalue weighted by molar-refractivity contribution is -0.128. The molecule has 1 fully saturated rings. The fourth-order valence-electron chi connectivity index (χ4n) is 2.89. The Labute approximate surface area is 132 Å². The average molecular weight is 308 g/mol. The Kier molecular flexibility index (Phi) is 3.38. The molecule has 7 heteroatoms. The zero-order chi connectivity index (χ0) is 15.6. The lowest BCUT2D eigenvalue weighted by Gasteiger charge is -2.17. The van der Waals surface area contributed by atoms with Crippen molar-refractivity contribution in [2.24, 2.45) is 0 Å². The maximum atomic E-state index is 12.2. The van der Waals surface area contributed by atoms with Crippen molar-refractivity contribution in [3.63, 3.8) is 0 Å². The van der Waals surface area contributed by atoms with Crippen LogP contribution in [0.25, 0.3) is 11.2 Å². The van der Waals surface area contributed by atoms with Gasteiger partial charge in [0.05, 0.1) is 12.4 Å². The van der Waals surface area contributed by atoms with Crippen LogP contribution in [0.15, 0.2) is 43.0 Å². The van der Waals surface area contributed by atoms with Gasteiger partial charge in [-0.15, -0.1) is 0 Å². The molecule has 0 radical (unpaired) electrons. The molecule has 3 aromatic rings. The van der Waals surface area contributed by atoms with Crippen LogP contribution in [0.3, 0.4) is 0 Å². The van der Waals surface area contributed by atoms with Gasteiger partial charge in [-0.05, 0) is 5.56 Å². The van der Waals surface area contributed by atoms with E-state index < -0.39 is 0 Å². The minimum Gasteiger partial charge on any atom is -0.363 e. The molecule has 0 aliphatic carbocycles. The number of aromatic nitrogens is 4. The molecule has 2 aromatic heterocycles. The van der Waals surface area contributed by atoms with E-state index in [9.17, 15) is 4.79 Å². The van der Waals surface area contributed by atoms with Crippen molar-refractivity contribution in [2.45, 2.75) is 19.0 Å². The Morgan fingerprint density at radius 1 is 1.22 bits per heavy atom. The highest BCUT2D eigenvalue weighted by molar-refractivity contribution is 5.84. The van der Waals surface area contributed by atoms with Gasteiger partial charge in [-0.3, -0.25) is 4.79 Å². The molecular formula is C16H16N6O. The van der Waals surface area contributed by atoms with Crippen molar-refractivity contribution >= 4 is 22.9 Å². The van der Waals surface area contributed by atoms with Crippen LogP contribution in [-0.4, -0.2) is 43.3 Å². The molecule has 1 amide bonds. The molecular weight excluding hydrogens is 292 g/mol. The van der Waals surface area contributed by atoms with Gasteiger partial charge in [-0.2, -0.15) is 0 Å². The van der Waals surface area contributed by atoms with Crippen LogP contribution in [0.4, 0.5) is 5.82 Å². The summed E-state index contributed by atoms with van der Waals surface area (Å²) in [6.07, 6.45) is 3.53. The minimum atomic E-state index is 0.0348. The summed E-state index contributed by atoms with van der Waals surface area (Å²) in [6.45, 7) is 1.30. The predicted octanol–water partition coefficient (Wildman–Crippen LogP) is 1.57. The first-order valence-corrected chi connectivity index (χ1v) is 7.52. The molecule has 1 atom stereocenters. The highest BCUT2D eigenvalue weighted by Gasteiger charge is 2.30. The summed E-state index contributed by atoms with van der Waals surface area (Å²) < 4.78 is 0. The molecule has 23 heavy (non-hydrogen) atoms. The lowest BCUT2D eigenvalue weighted by atomic mass is 10.2. The van der Waals surface area contributed by atoms with Gasteiger partial charge in [-0.25, -0.2) is 15.0 Å². The van der Waals surface area contributed by atoms with Crippen molar-refractivity contribution in [1.82, 2.24) is 24.8 Å². The fraction of sp³-hybridized carbons (Fsp3) is 0.250. The number of carbonyl (C=O) groups excluding carboxylic acids is 1. The number of imidazole rings is 1. The molecule has 0 spiro atoms. The van der Waals surface area contributed by atoms with Crippen LogP contribution in [0, 0.1) is 0 Å². The van der Waals surface area contributed by atoms with Crippen LogP contribution in [0.5, 0.6) is 0 Å². The second-order valence-corrected chi connectivity index (χ2v) is 5.63. The van der Waals surface area contributed by atoms with Crippen LogP contribution in [0.1, 0.15) is 12.0 Å². The van der Waals surface area contributed by atoms with Gasteiger partial charge < -0.3 is 15.2 Å². The molecule has 0 saturated carbocycles. The van der Waals surface area contributed by atoms with E-state index in [0.717, 1.165) is 11.1 Å². The fourth-order valence-corrected chi connectivity index (χ4v) is 2.89. The van der Waals surface area contributed by atoms with Crippen LogP contribution in [-0.2, 0) is 11.3 Å². The summed E-state index contributed by atoms with van der Waals surface area (Å²) in [5.41, 5.74) is 2.52. The summed E-state index contributed by atoms with van der Waals surface area (Å²) >= 11 is 0. The van der Waals surface area contributed by atoms with Gasteiger partial charge in [0.15, 0.2) is 11.5 Å². The van der Waals surface area contributed by atoms with Crippen molar-refractivity contribution in [2.75, 3.05) is 11.9 Å². The molecule has 0 bridgehead atoms. The zero-order valence-electron chi connectivity index (χ0n) is 12.4. The molecule has 1 aromatic carbocycles. The molecule has 7 nitrogen and oxygen atoms in total. The normalized spacial score (nSPS) is 17.8. The van der Waals surface area contributed by atoms with Crippen molar-refractivity contribution in [1.29, 1.82) is 0 Å². The molecule has 116 valence electrons.